The summed E-state index contributed by atoms with van der Waals surface area (Å²) in [5.74, 6) is 0.419. The van der Waals surface area contributed by atoms with E-state index >= 15 is 0 Å². The van der Waals surface area contributed by atoms with Gasteiger partial charge in [0.2, 0.25) is 13.6 Å². The van der Waals surface area contributed by atoms with Crippen LogP contribution in [0.4, 0.5) is 26.3 Å². The molecule has 539 valence electrons. The van der Waals surface area contributed by atoms with Crippen LogP contribution in [0.5, 0.6) is 46.0 Å². The fourth-order valence-electron chi connectivity index (χ4n) is 15.9. The van der Waals surface area contributed by atoms with Crippen molar-refractivity contribution >= 4 is 24.1 Å². The smallest absolute Gasteiger partial charge is 0.416 e. The number of ether oxygens (including phenoxy) is 6. The number of rotatable bonds is 8. The minimum Gasteiger partial charge on any atom is -0.507 e. The number of aliphatic hydroxyl groups excluding tert-OH is 1. The summed E-state index contributed by atoms with van der Waals surface area (Å²) in [6.45, 7) is 10.4. The Balaban J connectivity index is 0.000000219. The predicted molar refractivity (Wildman–Crippen MR) is 340 cm³/mol. The van der Waals surface area contributed by atoms with E-state index in [-0.39, 0.29) is 196 Å². The molecular formula is C71H70Ac2AgF6N6O16. The van der Waals surface area contributed by atoms with E-state index in [0.717, 1.165) is 80.9 Å². The second kappa shape index (κ2) is 31.1. The summed E-state index contributed by atoms with van der Waals surface area (Å²) >= 11 is 0. The predicted octanol–water partition coefficient (Wildman–Crippen LogP) is 10.7. The van der Waals surface area contributed by atoms with Gasteiger partial charge in [0.1, 0.15) is 48.5 Å². The van der Waals surface area contributed by atoms with Crippen molar-refractivity contribution in [2.24, 2.45) is 0 Å². The molecule has 102 heavy (non-hydrogen) atoms. The van der Waals surface area contributed by atoms with Crippen LogP contribution < -0.4 is 18.9 Å². The zero-order valence-corrected chi connectivity index (χ0v) is 67.2. The summed E-state index contributed by atoms with van der Waals surface area (Å²) in [5, 5.41) is 82.4. The quantitative estimate of drug-likeness (QED) is 0.0206. The van der Waals surface area contributed by atoms with Gasteiger partial charge in [-0.2, -0.15) is 31.6 Å². The zero-order chi connectivity index (χ0) is 71.3. The van der Waals surface area contributed by atoms with E-state index in [9.17, 15) is 66.7 Å². The number of carbonyl (C=O) groups excluding carboxylic acids is 2. The Morgan fingerprint density at radius 3 is 1.39 bits per heavy atom. The van der Waals surface area contributed by atoms with E-state index in [1.165, 1.54) is 36.4 Å². The topological polar surface area (TPSA) is 291 Å². The molecule has 31 heteroatoms. The molecule has 2 fully saturated rings. The second-order valence-corrected chi connectivity index (χ2v) is 26.0. The van der Waals surface area contributed by atoms with E-state index in [2.05, 4.69) is 28.0 Å². The number of alkyl halides is 6. The van der Waals surface area contributed by atoms with Gasteiger partial charge in [0.25, 0.3) is 5.09 Å². The molecule has 2 saturated heterocycles. The van der Waals surface area contributed by atoms with E-state index < -0.39 is 76.9 Å². The number of halogens is 6. The third-order valence-corrected chi connectivity index (χ3v) is 20.8. The Hall–Kier alpha value is -6.17. The Morgan fingerprint density at radius 1 is 0.598 bits per heavy atom. The van der Waals surface area contributed by atoms with Crippen molar-refractivity contribution in [3.05, 3.63) is 183 Å². The van der Waals surface area contributed by atoms with Gasteiger partial charge in [-0.1, -0.05) is 36.4 Å². The second-order valence-electron chi connectivity index (χ2n) is 26.0. The number of phenols is 4. The first-order valence-electron chi connectivity index (χ1n) is 31.7. The van der Waals surface area contributed by atoms with Crippen LogP contribution >= 0.6 is 0 Å². The van der Waals surface area contributed by atoms with Gasteiger partial charge in [-0.25, -0.2) is 9.59 Å². The van der Waals surface area contributed by atoms with Gasteiger partial charge in [0.05, 0.1) is 47.4 Å². The number of aryl methyl sites for hydroxylation is 2. The number of benzene rings is 6. The van der Waals surface area contributed by atoms with Crippen LogP contribution in [0.1, 0.15) is 124 Å². The van der Waals surface area contributed by atoms with Crippen molar-refractivity contribution in [2.45, 2.75) is 140 Å². The van der Waals surface area contributed by atoms with E-state index in [1.807, 2.05) is 51.6 Å². The molecule has 8 heterocycles. The first kappa shape index (κ1) is 79.9. The Labute approximate surface area is 669 Å². The summed E-state index contributed by atoms with van der Waals surface area (Å²) in [4.78, 5) is 42.6. The SMILES string of the molecule is Cc1cc2c(c(O)c1C)[C@@H]1C3Cc4c(O)c(C)c5c(c4[C@H](COC(=O)/C=C/c4cccc(C(F)(F)F)c4)N3[C@@H](C#N)[C@H](C2)N1C)OCO5.Cc1cc2c(c(O)c1C)[C@@H]1C3Cc4c(O)c(C)c5c(c4[C@H](COC(=O)/C=C/c4cccc(C(F)(F)F)c4)N3[C@@H](O)[C@H](C2)N1C)OCO5.O=[N+]([O-])O.[Ac].[Ac].[Ag]. The van der Waals surface area contributed by atoms with Crippen LogP contribution in [-0.4, -0.2) is 145 Å². The number of esters is 2. The number of aliphatic hydroxyl groups is 1. The monoisotopic (exact) mass is 1940 g/mol. The summed E-state index contributed by atoms with van der Waals surface area (Å²) < 4.78 is 114. The molecule has 0 aliphatic carbocycles. The van der Waals surface area contributed by atoms with E-state index in [0.29, 0.717) is 82.1 Å². The van der Waals surface area contributed by atoms with Crippen molar-refractivity contribution in [2.75, 3.05) is 40.9 Å². The van der Waals surface area contributed by atoms with Crippen LogP contribution in [-0.2, 0) is 79.5 Å². The minimum absolute atomic E-state index is 0. The molecule has 0 saturated carbocycles. The summed E-state index contributed by atoms with van der Waals surface area (Å²) in [6.07, 6.45) is -3.88. The first-order chi connectivity index (χ1) is 46.8. The molecule has 0 aromatic heterocycles. The van der Waals surface area contributed by atoms with Crippen LogP contribution in [0.15, 0.2) is 72.8 Å². The van der Waals surface area contributed by atoms with Crippen molar-refractivity contribution < 1.29 is 211 Å². The Kier molecular flexibility index (Phi) is 24.4. The number of fused-ring (bicyclic) bond motifs is 18. The number of hydrogen-bond donors (Lipinski definition) is 6. The minimum atomic E-state index is -4.53. The van der Waals surface area contributed by atoms with Crippen LogP contribution in [0.25, 0.3) is 12.2 Å². The maximum Gasteiger partial charge on any atom is 0.416 e. The standard InChI is InChI=1S/C36H34F3N3O6.C35H35F3N2O7.2Ac.Ag.HNO3/c1-17-10-21-12-24-26(14-40)42-25(31(41(24)4)29(21)33(45)18(17)2)13-23-30(35-34(47-16-48-35)19(3)32(23)44)27(42)15-46-28(43)9-8-20-6-5-7-22(11-20)36(37,38)39;1-16-10-20-12-24-34(44)40-23(29(39(24)4)27(20)31(43)17(16)2)13-22-28(33-32(46-15-47-33)18(3)30(22)42)25(40)14-45-26(41)9-8-19-6-5-7-21(11-19)35(36,37)38;;;;2-1(3)4/h5-11,24-27,31,44-45H,12-13,15-16H2,1-4H3;5-11,23-25,29,34,42-44H,12-15H2,1-4H3;;;;(H,2,3,4)/b2*9-8+;;;;/t24-,25?,26-,27-,31-;23?,24-,25-,29-,34-;;;;/m00..../s1. The van der Waals surface area contributed by atoms with Crippen molar-refractivity contribution in [1.82, 2.24) is 19.6 Å². The first-order valence-corrected chi connectivity index (χ1v) is 31.7. The van der Waals surface area contributed by atoms with Gasteiger partial charge in [0, 0.05) is 185 Å². The van der Waals surface area contributed by atoms with Gasteiger partial charge in [-0.15, -0.1) is 10.1 Å². The van der Waals surface area contributed by atoms with Crippen molar-refractivity contribution in [3.63, 3.8) is 0 Å². The Bertz CT molecular complexity index is 4420. The third-order valence-electron chi connectivity index (χ3n) is 20.8. The molecule has 0 amide bonds. The molecule has 2 unspecified atom stereocenters. The molecule has 22 nitrogen and oxygen atoms in total. The summed E-state index contributed by atoms with van der Waals surface area (Å²) in [5.41, 5.74) is 8.87. The number of piperazine rings is 2. The van der Waals surface area contributed by atoms with Gasteiger partial charge < -0.3 is 59.2 Å². The van der Waals surface area contributed by atoms with Gasteiger partial charge in [0.15, 0.2) is 23.0 Å². The molecule has 8 aliphatic heterocycles. The maximum atomic E-state index is 13.2. The molecule has 0 spiro atoms. The molecule has 4 bridgehead atoms. The summed E-state index contributed by atoms with van der Waals surface area (Å²) in [7, 11) is 3.86. The molecule has 6 N–H and O–H groups in total. The largest absolute Gasteiger partial charge is 0.507 e. The number of phenolic OH excluding ortho intramolecular Hbond substituents is 4. The fourth-order valence-corrected chi connectivity index (χ4v) is 15.9. The van der Waals surface area contributed by atoms with Crippen LogP contribution in [0.2, 0.25) is 0 Å². The van der Waals surface area contributed by atoms with Crippen molar-refractivity contribution in [3.8, 4) is 52.1 Å². The molecule has 3 radical (unpaired) electrons. The molecular weight excluding hydrogens is 1870 g/mol. The fraction of sp³-hybridized carbons (Fsp3) is 0.394. The number of likely N-dealkylation sites (N-methyl/N-ethyl adjacent to an activating group) is 2. The van der Waals surface area contributed by atoms with Crippen LogP contribution in [0.3, 0.4) is 0 Å². The molecule has 6 aromatic rings. The third kappa shape index (κ3) is 14.5. The average molecular weight is 1940 g/mol. The normalized spacial score (nSPS) is 23.3. The zero-order valence-electron chi connectivity index (χ0n) is 56.2. The molecule has 6 aromatic carbocycles. The number of carbonyl (C=O) groups is 2. The molecule has 8 aliphatic rings. The van der Waals surface area contributed by atoms with E-state index in [4.69, 9.17) is 43.7 Å². The summed E-state index contributed by atoms with van der Waals surface area (Å²) in [6, 6.07) is 11.4. The molecule has 10 atom stereocenters. The van der Waals surface area contributed by atoms with Gasteiger partial charge in [-0.3, -0.25) is 19.6 Å². The Morgan fingerprint density at radius 2 is 0.980 bits per heavy atom. The van der Waals surface area contributed by atoms with E-state index in [1.54, 1.807) is 13.8 Å². The van der Waals surface area contributed by atoms with Crippen molar-refractivity contribution in [1.29, 1.82) is 5.26 Å². The molecule has 14 rings (SSSR count). The average Bonchev–Trinajstić information content (AvgIpc) is 0.974. The number of nitriles is 1. The van der Waals surface area contributed by atoms with Gasteiger partial charge in [-0.05, 0) is 162 Å². The number of hydrogen-bond acceptors (Lipinski definition) is 20. The number of nitrogens with zero attached hydrogens (tertiary/aromatic N) is 6. The van der Waals surface area contributed by atoms with Crippen LogP contribution in [0, 0.1) is 151 Å². The van der Waals surface area contributed by atoms with Gasteiger partial charge >= 0.3 is 24.3 Å². The maximum absolute atomic E-state index is 13.2. The number of aromatic hydroxyl groups is 4.